The Morgan fingerprint density at radius 2 is 2.14 bits per heavy atom. The third kappa shape index (κ3) is 2.04. The molecule has 1 unspecified atom stereocenters. The summed E-state index contributed by atoms with van der Waals surface area (Å²) in [5, 5.41) is 0.761. The number of carbonyl (C=O) groups is 3. The minimum absolute atomic E-state index is 0.0281. The number of para-hydroxylation sites is 1. The Hall–Kier alpha value is -2.43. The molecule has 22 heavy (non-hydrogen) atoms. The van der Waals surface area contributed by atoms with Crippen molar-refractivity contribution in [3.05, 3.63) is 35.5 Å². The van der Waals surface area contributed by atoms with Gasteiger partial charge in [0.2, 0.25) is 5.91 Å². The van der Waals surface area contributed by atoms with E-state index in [9.17, 15) is 14.4 Å². The van der Waals surface area contributed by atoms with E-state index in [1.165, 1.54) is 6.92 Å². The molecule has 0 N–H and O–H groups in total. The Morgan fingerprint density at radius 3 is 2.82 bits per heavy atom. The van der Waals surface area contributed by atoms with Crippen molar-refractivity contribution in [1.82, 2.24) is 4.57 Å². The molecule has 0 aliphatic carbocycles. The third-order valence-electron chi connectivity index (χ3n) is 4.34. The molecule has 5 heteroatoms. The maximum Gasteiger partial charge on any atom is 0.302 e. The first-order valence-electron chi connectivity index (χ1n) is 7.23. The number of hydrogen-bond acceptors (Lipinski definition) is 4. The molecule has 2 heterocycles. The second kappa shape index (κ2) is 5.09. The van der Waals surface area contributed by atoms with Gasteiger partial charge in [0.25, 0.3) is 0 Å². The van der Waals surface area contributed by atoms with Gasteiger partial charge in [-0.15, -0.1) is 0 Å². The molecule has 1 aromatic carbocycles. The summed E-state index contributed by atoms with van der Waals surface area (Å²) in [6, 6.07) is 7.36. The number of aromatic nitrogens is 1. The fourth-order valence-electron chi connectivity index (χ4n) is 3.25. The maximum absolute atomic E-state index is 12.4. The summed E-state index contributed by atoms with van der Waals surface area (Å²) < 4.78 is 6.81. The fourth-order valence-corrected chi connectivity index (χ4v) is 3.25. The normalized spacial score (nSPS) is 20.7. The predicted molar refractivity (Wildman–Crippen MR) is 81.2 cm³/mol. The second-order valence-electron chi connectivity index (χ2n) is 5.97. The lowest BCUT2D eigenvalue weighted by Gasteiger charge is -2.34. The molecule has 1 aliphatic rings. The molecule has 0 radical (unpaired) electrons. The summed E-state index contributed by atoms with van der Waals surface area (Å²) in [6.07, 6.45) is 1.71. The molecular formula is C17H17NO4. The van der Waals surface area contributed by atoms with Gasteiger partial charge in [-0.05, 0) is 12.5 Å². The lowest BCUT2D eigenvalue weighted by Crippen LogP contribution is -2.39. The predicted octanol–water partition coefficient (Wildman–Crippen LogP) is 2.71. The van der Waals surface area contributed by atoms with E-state index in [0.717, 1.165) is 17.2 Å². The van der Waals surface area contributed by atoms with E-state index < -0.39 is 5.41 Å². The Kier molecular flexibility index (Phi) is 3.35. The van der Waals surface area contributed by atoms with Gasteiger partial charge in [0, 0.05) is 35.4 Å². The summed E-state index contributed by atoms with van der Waals surface area (Å²) >= 11 is 0. The van der Waals surface area contributed by atoms with Crippen LogP contribution in [0.4, 0.5) is 0 Å². The van der Waals surface area contributed by atoms with Crippen LogP contribution in [0.1, 0.15) is 47.5 Å². The van der Waals surface area contributed by atoms with Crippen LogP contribution in [0.3, 0.4) is 0 Å². The van der Waals surface area contributed by atoms with Gasteiger partial charge < -0.3 is 4.74 Å². The van der Waals surface area contributed by atoms with Crippen molar-refractivity contribution < 1.29 is 19.1 Å². The first-order valence-corrected chi connectivity index (χ1v) is 7.23. The molecular weight excluding hydrogens is 282 g/mol. The number of hydrogen-bond donors (Lipinski definition) is 0. The zero-order valence-corrected chi connectivity index (χ0v) is 12.6. The first kappa shape index (κ1) is 14.5. The zero-order valence-electron chi connectivity index (χ0n) is 12.6. The molecule has 114 valence electrons. The Morgan fingerprint density at radius 1 is 1.41 bits per heavy atom. The van der Waals surface area contributed by atoms with E-state index >= 15 is 0 Å². The van der Waals surface area contributed by atoms with E-state index in [4.69, 9.17) is 4.74 Å². The molecule has 0 amide bonds. The minimum Gasteiger partial charge on any atom is -0.465 e. The largest absolute Gasteiger partial charge is 0.465 e. The smallest absolute Gasteiger partial charge is 0.302 e. The first-order chi connectivity index (χ1) is 10.5. The summed E-state index contributed by atoms with van der Waals surface area (Å²) in [6.45, 7) is 3.44. The van der Waals surface area contributed by atoms with Gasteiger partial charge in [-0.3, -0.25) is 19.0 Å². The standard InChI is InChI=1S/C17H17NO4/c1-11(20)22-10-17(2)8-7-15(21)18-14-6-4-3-5-12(14)13(9-19)16(17)18/h3-6,9H,7-8,10H2,1-2H3. The summed E-state index contributed by atoms with van der Waals surface area (Å²) in [5.41, 5.74) is 1.35. The van der Waals surface area contributed by atoms with Crippen molar-refractivity contribution in [2.45, 2.75) is 32.1 Å². The monoisotopic (exact) mass is 299 g/mol. The van der Waals surface area contributed by atoms with Crippen LogP contribution in [0.15, 0.2) is 24.3 Å². The molecule has 3 rings (SSSR count). The van der Waals surface area contributed by atoms with Crippen molar-refractivity contribution in [3.8, 4) is 0 Å². The number of fused-ring (bicyclic) bond motifs is 3. The number of carbonyl (C=O) groups excluding carboxylic acids is 3. The highest BCUT2D eigenvalue weighted by molar-refractivity contribution is 6.05. The average molecular weight is 299 g/mol. The van der Waals surface area contributed by atoms with Crippen molar-refractivity contribution >= 4 is 29.1 Å². The van der Waals surface area contributed by atoms with Crippen LogP contribution in [0.2, 0.25) is 0 Å². The minimum atomic E-state index is -0.547. The average Bonchev–Trinajstić information content (AvgIpc) is 2.85. The molecule has 0 saturated heterocycles. The third-order valence-corrected chi connectivity index (χ3v) is 4.34. The molecule has 2 aromatic rings. The molecule has 1 atom stereocenters. The SMILES string of the molecule is CC(=O)OCC1(C)CCC(=O)n2c1c(C=O)c1ccccc12. The molecule has 0 spiro atoms. The lowest BCUT2D eigenvalue weighted by molar-refractivity contribution is -0.142. The fraction of sp³-hybridized carbons (Fsp3) is 0.353. The Bertz CT molecular complexity index is 789. The molecule has 1 aliphatic heterocycles. The van der Waals surface area contributed by atoms with Gasteiger partial charge in [-0.2, -0.15) is 0 Å². The van der Waals surface area contributed by atoms with Crippen molar-refractivity contribution in [3.63, 3.8) is 0 Å². The van der Waals surface area contributed by atoms with Crippen LogP contribution >= 0.6 is 0 Å². The van der Waals surface area contributed by atoms with Gasteiger partial charge >= 0.3 is 5.97 Å². The van der Waals surface area contributed by atoms with E-state index in [-0.39, 0.29) is 18.5 Å². The molecule has 0 bridgehead atoms. The molecule has 1 aromatic heterocycles. The number of benzene rings is 1. The summed E-state index contributed by atoms with van der Waals surface area (Å²) in [7, 11) is 0. The van der Waals surface area contributed by atoms with Gasteiger partial charge in [-0.1, -0.05) is 25.1 Å². The number of aldehydes is 1. The maximum atomic E-state index is 12.4. The second-order valence-corrected chi connectivity index (χ2v) is 5.97. The van der Waals surface area contributed by atoms with E-state index in [0.29, 0.717) is 24.1 Å². The Balaban J connectivity index is 2.27. The lowest BCUT2D eigenvalue weighted by atomic mass is 9.78. The van der Waals surface area contributed by atoms with Crippen LogP contribution in [-0.2, 0) is 14.9 Å². The van der Waals surface area contributed by atoms with E-state index in [2.05, 4.69) is 0 Å². The number of esters is 1. The summed E-state index contributed by atoms with van der Waals surface area (Å²) in [4.78, 5) is 35.2. The van der Waals surface area contributed by atoms with Crippen LogP contribution in [0.25, 0.3) is 10.9 Å². The van der Waals surface area contributed by atoms with Crippen molar-refractivity contribution in [2.75, 3.05) is 6.61 Å². The topological polar surface area (TPSA) is 65.4 Å². The Labute approximate surface area is 127 Å². The van der Waals surface area contributed by atoms with Gasteiger partial charge in [0.15, 0.2) is 6.29 Å². The number of nitrogens with zero attached hydrogens (tertiary/aromatic N) is 1. The quantitative estimate of drug-likeness (QED) is 0.645. The van der Waals surface area contributed by atoms with Crippen LogP contribution in [-0.4, -0.2) is 29.3 Å². The summed E-state index contributed by atoms with van der Waals surface area (Å²) in [5.74, 6) is -0.395. The van der Waals surface area contributed by atoms with Gasteiger partial charge in [0.05, 0.1) is 5.52 Å². The van der Waals surface area contributed by atoms with Crippen molar-refractivity contribution in [1.29, 1.82) is 0 Å². The van der Waals surface area contributed by atoms with Gasteiger partial charge in [-0.25, -0.2) is 0 Å². The molecule has 0 fully saturated rings. The highest BCUT2D eigenvalue weighted by Crippen LogP contribution is 2.40. The van der Waals surface area contributed by atoms with E-state index in [1.54, 1.807) is 4.57 Å². The van der Waals surface area contributed by atoms with Crippen LogP contribution in [0, 0.1) is 0 Å². The molecule has 5 nitrogen and oxygen atoms in total. The zero-order chi connectivity index (χ0) is 15.9. The van der Waals surface area contributed by atoms with Crippen LogP contribution < -0.4 is 0 Å². The highest BCUT2D eigenvalue weighted by Gasteiger charge is 2.40. The van der Waals surface area contributed by atoms with E-state index in [1.807, 2.05) is 31.2 Å². The number of ether oxygens (including phenoxy) is 1. The highest BCUT2D eigenvalue weighted by atomic mass is 16.5. The van der Waals surface area contributed by atoms with Crippen LogP contribution in [0.5, 0.6) is 0 Å². The van der Waals surface area contributed by atoms with Crippen molar-refractivity contribution in [2.24, 2.45) is 0 Å². The van der Waals surface area contributed by atoms with Gasteiger partial charge in [0.1, 0.15) is 6.61 Å². The molecule has 0 saturated carbocycles. The number of rotatable bonds is 3.